The Bertz CT molecular complexity index is 1190. The minimum absolute atomic E-state index is 0.00103. The molecule has 0 aliphatic carbocycles. The number of rotatable bonds is 8. The maximum Gasteiger partial charge on any atom is 0.308 e. The second-order valence-electron chi connectivity index (χ2n) is 7.67. The SMILES string of the molecule is CCCCc1oc2c(OC(C)=O)cccc2c(=O)c1C(=O)Nc1c(CC)cccc1CC. The molecule has 0 saturated carbocycles. The molecule has 0 saturated heterocycles. The van der Waals surface area contributed by atoms with E-state index in [1.54, 1.807) is 18.2 Å². The van der Waals surface area contributed by atoms with E-state index in [2.05, 4.69) is 5.32 Å². The molecule has 1 N–H and O–H groups in total. The van der Waals surface area contributed by atoms with Crippen LogP contribution in [0.4, 0.5) is 5.69 Å². The summed E-state index contributed by atoms with van der Waals surface area (Å²) in [6, 6.07) is 10.7. The maximum atomic E-state index is 13.4. The van der Waals surface area contributed by atoms with E-state index >= 15 is 0 Å². The number of fused-ring (bicyclic) bond motifs is 1. The number of amides is 1. The number of ether oxygens (including phenoxy) is 1. The third kappa shape index (κ3) is 4.74. The van der Waals surface area contributed by atoms with Crippen LogP contribution in [-0.4, -0.2) is 11.9 Å². The van der Waals surface area contributed by atoms with Crippen LogP contribution in [0.3, 0.4) is 0 Å². The Morgan fingerprint density at radius 3 is 2.25 bits per heavy atom. The Kier molecular flexibility index (Phi) is 7.46. The number of anilines is 1. The monoisotopic (exact) mass is 435 g/mol. The predicted octanol–water partition coefficient (Wildman–Crippen LogP) is 5.44. The molecule has 168 valence electrons. The van der Waals surface area contributed by atoms with E-state index < -0.39 is 17.3 Å². The van der Waals surface area contributed by atoms with Crippen molar-refractivity contribution in [2.75, 3.05) is 5.32 Å². The van der Waals surface area contributed by atoms with E-state index in [1.165, 1.54) is 6.92 Å². The molecule has 6 heteroatoms. The zero-order chi connectivity index (χ0) is 23.3. The van der Waals surface area contributed by atoms with Gasteiger partial charge in [0, 0.05) is 19.0 Å². The number of carbonyl (C=O) groups excluding carboxylic acids is 2. The summed E-state index contributed by atoms with van der Waals surface area (Å²) in [6.45, 7) is 7.36. The number of carbonyl (C=O) groups is 2. The second kappa shape index (κ2) is 10.3. The van der Waals surface area contributed by atoms with E-state index in [1.807, 2.05) is 39.0 Å². The quantitative estimate of drug-likeness (QED) is 0.376. The molecule has 0 aliphatic heterocycles. The van der Waals surface area contributed by atoms with Crippen molar-refractivity contribution < 1.29 is 18.7 Å². The molecule has 1 heterocycles. The second-order valence-corrected chi connectivity index (χ2v) is 7.67. The van der Waals surface area contributed by atoms with Crippen molar-refractivity contribution >= 4 is 28.5 Å². The Balaban J connectivity index is 2.17. The molecule has 2 aromatic carbocycles. The summed E-state index contributed by atoms with van der Waals surface area (Å²) < 4.78 is 11.3. The fourth-order valence-corrected chi connectivity index (χ4v) is 3.79. The molecular formula is C26H29NO5. The molecule has 0 atom stereocenters. The summed E-state index contributed by atoms with van der Waals surface area (Å²) in [4.78, 5) is 38.3. The van der Waals surface area contributed by atoms with Crippen molar-refractivity contribution in [2.24, 2.45) is 0 Å². The predicted molar refractivity (Wildman–Crippen MR) is 126 cm³/mol. The lowest BCUT2D eigenvalue weighted by molar-refractivity contribution is -0.131. The molecule has 3 aromatic rings. The molecule has 0 bridgehead atoms. The van der Waals surface area contributed by atoms with Crippen LogP contribution in [0.15, 0.2) is 45.6 Å². The van der Waals surface area contributed by atoms with E-state index in [4.69, 9.17) is 9.15 Å². The molecule has 1 amide bonds. The Morgan fingerprint density at radius 2 is 1.66 bits per heavy atom. The molecule has 1 aromatic heterocycles. The molecule has 6 nitrogen and oxygen atoms in total. The lowest BCUT2D eigenvalue weighted by Gasteiger charge is -2.16. The first kappa shape index (κ1) is 23.3. The molecule has 0 spiro atoms. The number of nitrogens with one attached hydrogen (secondary N) is 1. The summed E-state index contributed by atoms with van der Waals surface area (Å²) in [7, 11) is 0. The number of aryl methyl sites for hydroxylation is 3. The van der Waals surface area contributed by atoms with Crippen molar-refractivity contribution in [3.8, 4) is 5.75 Å². The minimum Gasteiger partial charge on any atom is -0.456 e. The third-order valence-electron chi connectivity index (χ3n) is 5.43. The van der Waals surface area contributed by atoms with Crippen LogP contribution in [0.5, 0.6) is 5.75 Å². The zero-order valence-corrected chi connectivity index (χ0v) is 19.0. The highest BCUT2D eigenvalue weighted by atomic mass is 16.5. The molecule has 0 aliphatic rings. The van der Waals surface area contributed by atoms with Crippen LogP contribution in [0.1, 0.15) is 67.8 Å². The highest BCUT2D eigenvalue weighted by Gasteiger charge is 2.24. The molecular weight excluding hydrogens is 406 g/mol. The van der Waals surface area contributed by atoms with Gasteiger partial charge in [-0.1, -0.05) is 51.5 Å². The minimum atomic E-state index is -0.514. The van der Waals surface area contributed by atoms with E-state index in [0.717, 1.165) is 42.5 Å². The number of unbranched alkanes of at least 4 members (excludes halogenated alkanes) is 1. The zero-order valence-electron chi connectivity index (χ0n) is 19.0. The summed E-state index contributed by atoms with van der Waals surface area (Å²) in [5.74, 6) is -0.532. The van der Waals surface area contributed by atoms with Crippen molar-refractivity contribution in [3.05, 3.63) is 69.1 Å². The molecule has 0 unspecified atom stereocenters. The van der Waals surface area contributed by atoms with Crippen molar-refractivity contribution in [1.82, 2.24) is 0 Å². The highest BCUT2D eigenvalue weighted by molar-refractivity contribution is 6.07. The highest BCUT2D eigenvalue weighted by Crippen LogP contribution is 2.28. The number of para-hydroxylation sites is 2. The van der Waals surface area contributed by atoms with Crippen LogP contribution in [0, 0.1) is 0 Å². The van der Waals surface area contributed by atoms with E-state index in [9.17, 15) is 14.4 Å². The average Bonchev–Trinajstić information content (AvgIpc) is 2.77. The van der Waals surface area contributed by atoms with E-state index in [0.29, 0.717) is 12.2 Å². The van der Waals surface area contributed by atoms with Crippen LogP contribution in [0.2, 0.25) is 0 Å². The maximum absolute atomic E-state index is 13.4. The van der Waals surface area contributed by atoms with Gasteiger partial charge in [0.2, 0.25) is 5.43 Å². The summed E-state index contributed by atoms with van der Waals surface area (Å²) in [6.07, 6.45) is 3.55. The van der Waals surface area contributed by atoms with Crippen LogP contribution >= 0.6 is 0 Å². The first-order chi connectivity index (χ1) is 15.4. The lowest BCUT2D eigenvalue weighted by atomic mass is 10.0. The van der Waals surface area contributed by atoms with Gasteiger partial charge in [-0.15, -0.1) is 0 Å². The first-order valence-electron chi connectivity index (χ1n) is 11.1. The van der Waals surface area contributed by atoms with Crippen LogP contribution in [0.25, 0.3) is 11.0 Å². The fraction of sp³-hybridized carbons (Fsp3) is 0.346. The normalized spacial score (nSPS) is 10.9. The topological polar surface area (TPSA) is 85.6 Å². The number of hydrogen-bond donors (Lipinski definition) is 1. The van der Waals surface area contributed by atoms with Crippen LogP contribution < -0.4 is 15.5 Å². The average molecular weight is 436 g/mol. The third-order valence-corrected chi connectivity index (χ3v) is 5.43. The van der Waals surface area contributed by atoms with E-state index in [-0.39, 0.29) is 22.3 Å². The largest absolute Gasteiger partial charge is 0.456 e. The van der Waals surface area contributed by atoms with Gasteiger partial charge in [-0.25, -0.2) is 0 Å². The van der Waals surface area contributed by atoms with Crippen molar-refractivity contribution in [3.63, 3.8) is 0 Å². The lowest BCUT2D eigenvalue weighted by Crippen LogP contribution is -2.25. The Morgan fingerprint density at radius 1 is 1.00 bits per heavy atom. The number of hydrogen-bond acceptors (Lipinski definition) is 5. The van der Waals surface area contributed by atoms with Crippen LogP contribution in [-0.2, 0) is 24.1 Å². The summed E-state index contributed by atoms with van der Waals surface area (Å²) >= 11 is 0. The van der Waals surface area contributed by atoms with Gasteiger partial charge < -0.3 is 14.5 Å². The van der Waals surface area contributed by atoms with Gasteiger partial charge in [-0.2, -0.15) is 0 Å². The molecule has 3 rings (SSSR count). The molecule has 0 fully saturated rings. The Hall–Kier alpha value is -3.41. The molecule has 0 radical (unpaired) electrons. The fourth-order valence-electron chi connectivity index (χ4n) is 3.79. The summed E-state index contributed by atoms with van der Waals surface area (Å²) in [5, 5.41) is 3.18. The van der Waals surface area contributed by atoms with Gasteiger partial charge in [0.25, 0.3) is 5.91 Å². The van der Waals surface area contributed by atoms with Gasteiger partial charge in [-0.05, 0) is 42.5 Å². The summed E-state index contributed by atoms with van der Waals surface area (Å²) in [5.41, 5.74) is 2.51. The van der Waals surface area contributed by atoms with Gasteiger partial charge in [0.15, 0.2) is 11.3 Å². The Labute approximate surface area is 187 Å². The van der Waals surface area contributed by atoms with Gasteiger partial charge in [-0.3, -0.25) is 14.4 Å². The first-order valence-corrected chi connectivity index (χ1v) is 11.1. The standard InChI is InChI=1S/C26H29NO5/c1-5-8-14-20-22(26(30)27-23-17(6-2)11-9-12-18(23)7-3)24(29)19-13-10-15-21(25(19)32-20)31-16(4)28/h9-13,15H,5-8,14H2,1-4H3,(H,27,30). The van der Waals surface area contributed by atoms with Gasteiger partial charge >= 0.3 is 5.97 Å². The van der Waals surface area contributed by atoms with Gasteiger partial charge in [0.05, 0.1) is 5.39 Å². The number of benzene rings is 2. The molecule has 32 heavy (non-hydrogen) atoms. The van der Waals surface area contributed by atoms with Gasteiger partial charge in [0.1, 0.15) is 11.3 Å². The number of esters is 1. The van der Waals surface area contributed by atoms with Crippen molar-refractivity contribution in [1.29, 1.82) is 0 Å². The smallest absolute Gasteiger partial charge is 0.308 e. The van der Waals surface area contributed by atoms with Crippen molar-refractivity contribution in [2.45, 2.75) is 59.8 Å².